The smallest absolute Gasteiger partial charge is 0.184 e. The first-order valence-corrected chi connectivity index (χ1v) is 6.87. The number of fused-ring (bicyclic) bond motifs is 1. The molecule has 3 aliphatic rings. The number of aliphatic hydroxyl groups is 2. The van der Waals surface area contributed by atoms with Gasteiger partial charge in [0.1, 0.15) is 30.5 Å². The van der Waals surface area contributed by atoms with E-state index in [0.29, 0.717) is 0 Å². The van der Waals surface area contributed by atoms with Crippen molar-refractivity contribution in [2.75, 3.05) is 6.61 Å². The highest BCUT2D eigenvalue weighted by atomic mass is 16.8. The largest absolute Gasteiger partial charge is 0.387 e. The van der Waals surface area contributed by atoms with E-state index in [0.717, 1.165) is 0 Å². The van der Waals surface area contributed by atoms with Gasteiger partial charge in [-0.1, -0.05) is 0 Å². The Hall–Kier alpha value is -0.280. The first-order valence-electron chi connectivity index (χ1n) is 6.87. The summed E-state index contributed by atoms with van der Waals surface area (Å²) in [7, 11) is 0. The number of ether oxygens (including phenoxy) is 5. The molecule has 3 heterocycles. The van der Waals surface area contributed by atoms with Crippen LogP contribution in [0.25, 0.3) is 0 Å². The Morgan fingerprint density at radius 3 is 2.25 bits per heavy atom. The molecule has 6 atom stereocenters. The summed E-state index contributed by atoms with van der Waals surface area (Å²) >= 11 is 0. The lowest BCUT2D eigenvalue weighted by molar-refractivity contribution is -0.238. The zero-order chi connectivity index (χ0) is 14.7. The van der Waals surface area contributed by atoms with Gasteiger partial charge in [-0.2, -0.15) is 0 Å². The summed E-state index contributed by atoms with van der Waals surface area (Å²) in [4.78, 5) is 0. The molecule has 3 fully saturated rings. The summed E-state index contributed by atoms with van der Waals surface area (Å²) in [6.07, 6.45) is -4.43. The molecule has 0 radical (unpaired) electrons. The van der Waals surface area contributed by atoms with Gasteiger partial charge < -0.3 is 33.9 Å². The second kappa shape index (κ2) is 4.61. The normalized spacial score (nSPS) is 47.4. The van der Waals surface area contributed by atoms with Gasteiger partial charge in [0.25, 0.3) is 0 Å². The molecule has 0 aromatic heterocycles. The molecule has 0 amide bonds. The fraction of sp³-hybridized carbons (Fsp3) is 1.00. The van der Waals surface area contributed by atoms with Crippen molar-refractivity contribution < 1.29 is 33.9 Å². The third kappa shape index (κ3) is 2.48. The number of rotatable bonds is 2. The number of hydrogen-bond donors (Lipinski definition) is 2. The molecule has 7 heteroatoms. The number of aliphatic hydroxyl groups excluding tert-OH is 2. The highest BCUT2D eigenvalue weighted by Crippen LogP contribution is 2.40. The third-order valence-corrected chi connectivity index (χ3v) is 3.81. The molecular formula is C13H22O7. The molecule has 20 heavy (non-hydrogen) atoms. The maximum absolute atomic E-state index is 10.4. The van der Waals surface area contributed by atoms with Gasteiger partial charge in [0, 0.05) is 0 Å². The van der Waals surface area contributed by atoms with Crippen LogP contribution in [-0.2, 0) is 23.7 Å². The van der Waals surface area contributed by atoms with Crippen LogP contribution in [0.2, 0.25) is 0 Å². The van der Waals surface area contributed by atoms with E-state index in [2.05, 4.69) is 0 Å². The maximum atomic E-state index is 10.4. The van der Waals surface area contributed by atoms with E-state index in [1.807, 2.05) is 0 Å². The lowest BCUT2D eigenvalue weighted by Crippen LogP contribution is -2.46. The lowest BCUT2D eigenvalue weighted by Gasteiger charge is -2.28. The second-order valence-corrected chi connectivity index (χ2v) is 6.41. The van der Waals surface area contributed by atoms with Crippen molar-refractivity contribution in [3.8, 4) is 0 Å². The molecule has 0 bridgehead atoms. The van der Waals surface area contributed by atoms with Gasteiger partial charge in [0.15, 0.2) is 17.9 Å². The van der Waals surface area contributed by atoms with Gasteiger partial charge in [-0.05, 0) is 27.7 Å². The van der Waals surface area contributed by atoms with Gasteiger partial charge in [0.05, 0.1) is 6.61 Å². The molecule has 0 spiro atoms. The van der Waals surface area contributed by atoms with Gasteiger partial charge in [-0.25, -0.2) is 0 Å². The van der Waals surface area contributed by atoms with Crippen LogP contribution < -0.4 is 0 Å². The van der Waals surface area contributed by atoms with Crippen LogP contribution in [0.1, 0.15) is 27.7 Å². The monoisotopic (exact) mass is 290 g/mol. The zero-order valence-corrected chi connectivity index (χ0v) is 12.1. The fourth-order valence-corrected chi connectivity index (χ4v) is 2.98. The summed E-state index contributed by atoms with van der Waals surface area (Å²) in [5, 5.41) is 20.3. The van der Waals surface area contributed by atoms with Crippen molar-refractivity contribution in [1.29, 1.82) is 0 Å². The zero-order valence-electron chi connectivity index (χ0n) is 12.1. The highest BCUT2D eigenvalue weighted by molar-refractivity contribution is 4.99. The lowest BCUT2D eigenvalue weighted by atomic mass is 10.0. The van der Waals surface area contributed by atoms with Crippen molar-refractivity contribution in [2.24, 2.45) is 0 Å². The Balaban J connectivity index is 1.71. The van der Waals surface area contributed by atoms with Crippen molar-refractivity contribution in [2.45, 2.75) is 76.1 Å². The second-order valence-electron chi connectivity index (χ2n) is 6.41. The van der Waals surface area contributed by atoms with Gasteiger partial charge in [0.2, 0.25) is 0 Å². The first kappa shape index (κ1) is 14.6. The molecule has 116 valence electrons. The van der Waals surface area contributed by atoms with Crippen molar-refractivity contribution >= 4 is 0 Å². The van der Waals surface area contributed by atoms with E-state index >= 15 is 0 Å². The molecule has 7 nitrogen and oxygen atoms in total. The third-order valence-electron chi connectivity index (χ3n) is 3.81. The SMILES string of the molecule is CC1(C)OC[C@H]([C@@H](O)[C@@H]2OC(O)[C@@H]3OC(C)(C)O[C@H]23)O1. The molecule has 0 aromatic rings. The van der Waals surface area contributed by atoms with Crippen LogP contribution in [0.5, 0.6) is 0 Å². The first-order chi connectivity index (χ1) is 9.19. The summed E-state index contributed by atoms with van der Waals surface area (Å²) < 4.78 is 27.8. The van der Waals surface area contributed by atoms with Crippen LogP contribution in [0, 0.1) is 0 Å². The molecule has 3 saturated heterocycles. The molecule has 0 saturated carbocycles. The molecule has 2 N–H and O–H groups in total. The Morgan fingerprint density at radius 2 is 1.65 bits per heavy atom. The highest BCUT2D eigenvalue weighted by Gasteiger charge is 2.58. The van der Waals surface area contributed by atoms with E-state index in [9.17, 15) is 10.2 Å². The molecule has 0 aliphatic carbocycles. The Morgan fingerprint density at radius 1 is 1.00 bits per heavy atom. The minimum absolute atomic E-state index is 0.270. The van der Waals surface area contributed by atoms with Crippen LogP contribution in [0.3, 0.4) is 0 Å². The molecular weight excluding hydrogens is 268 g/mol. The van der Waals surface area contributed by atoms with Crippen LogP contribution in [-0.4, -0.2) is 65.2 Å². The van der Waals surface area contributed by atoms with Crippen molar-refractivity contribution in [3.63, 3.8) is 0 Å². The van der Waals surface area contributed by atoms with E-state index in [1.165, 1.54) is 0 Å². The topological polar surface area (TPSA) is 86.6 Å². The van der Waals surface area contributed by atoms with Crippen LogP contribution in [0.4, 0.5) is 0 Å². The number of hydrogen-bond acceptors (Lipinski definition) is 7. The molecule has 1 unspecified atom stereocenters. The molecule has 3 rings (SSSR count). The Bertz CT molecular complexity index is 383. The van der Waals surface area contributed by atoms with Crippen LogP contribution >= 0.6 is 0 Å². The quantitative estimate of drug-likeness (QED) is 0.724. The van der Waals surface area contributed by atoms with Gasteiger partial charge in [-0.15, -0.1) is 0 Å². The Labute approximate surface area is 117 Å². The average Bonchev–Trinajstić information content (AvgIpc) is 2.92. The van der Waals surface area contributed by atoms with Crippen molar-refractivity contribution in [1.82, 2.24) is 0 Å². The fourth-order valence-electron chi connectivity index (χ4n) is 2.98. The van der Waals surface area contributed by atoms with E-state index in [4.69, 9.17) is 23.7 Å². The molecule has 3 aliphatic heterocycles. The van der Waals surface area contributed by atoms with Crippen LogP contribution in [0.15, 0.2) is 0 Å². The summed E-state index contributed by atoms with van der Waals surface area (Å²) in [6, 6.07) is 0. The van der Waals surface area contributed by atoms with Gasteiger partial charge in [-0.3, -0.25) is 0 Å². The van der Waals surface area contributed by atoms with Crippen molar-refractivity contribution in [3.05, 3.63) is 0 Å². The predicted molar refractivity (Wildman–Crippen MR) is 65.6 cm³/mol. The van der Waals surface area contributed by atoms with E-state index in [1.54, 1.807) is 27.7 Å². The molecule has 0 aromatic carbocycles. The Kier molecular flexibility index (Phi) is 3.37. The average molecular weight is 290 g/mol. The summed E-state index contributed by atoms with van der Waals surface area (Å²) in [5.41, 5.74) is 0. The maximum Gasteiger partial charge on any atom is 0.184 e. The van der Waals surface area contributed by atoms with E-state index in [-0.39, 0.29) is 6.61 Å². The minimum atomic E-state index is -1.11. The summed E-state index contributed by atoms with van der Waals surface area (Å²) in [6.45, 7) is 7.36. The van der Waals surface area contributed by atoms with E-state index < -0.39 is 48.4 Å². The standard InChI is InChI=1S/C13H22O7/c1-12(2)16-5-6(18-12)7(14)8-9-10(11(15)17-8)20-13(3,4)19-9/h6-11,14-15H,5H2,1-4H3/t6-,7-,8+,9-,10-,11?/m1/s1. The minimum Gasteiger partial charge on any atom is -0.387 e. The van der Waals surface area contributed by atoms with Gasteiger partial charge >= 0.3 is 0 Å². The summed E-state index contributed by atoms with van der Waals surface area (Å²) in [5.74, 6) is -1.53. The predicted octanol–water partition coefficient (Wildman–Crippen LogP) is -0.264.